The number of nitrogens with zero attached hydrogens (tertiary/aromatic N) is 3. The van der Waals surface area contributed by atoms with Crippen molar-refractivity contribution in [3.63, 3.8) is 0 Å². The van der Waals surface area contributed by atoms with Crippen molar-refractivity contribution in [1.29, 1.82) is 0 Å². The van der Waals surface area contributed by atoms with Crippen molar-refractivity contribution in [3.05, 3.63) is 186 Å². The molecule has 3 heterocycles. The monoisotopic (exact) mass is 667 g/mol. The molecule has 224 valence electrons. The number of halogens is 1. The van der Waals surface area contributed by atoms with Gasteiger partial charge >= 0.3 is 0 Å². The first-order valence-corrected chi connectivity index (χ1v) is 16.5. The number of pyridine rings is 2. The lowest BCUT2D eigenvalue weighted by Crippen LogP contribution is -1.96. The van der Waals surface area contributed by atoms with Crippen LogP contribution in [0, 0.1) is 0 Å². The topological polar surface area (TPSA) is 30.7 Å². The van der Waals surface area contributed by atoms with E-state index < -0.39 is 0 Å². The largest absolute Gasteiger partial charge is 0.293 e. The summed E-state index contributed by atoms with van der Waals surface area (Å²) < 4.78 is 3.16. The van der Waals surface area contributed by atoms with E-state index >= 15 is 0 Å². The second-order valence-electron chi connectivity index (χ2n) is 11.5. The minimum Gasteiger partial charge on any atom is -0.293 e. The molecule has 0 amide bonds. The third-order valence-electron chi connectivity index (χ3n) is 8.78. The fourth-order valence-electron chi connectivity index (χ4n) is 6.70. The Morgan fingerprint density at radius 3 is 1.85 bits per heavy atom. The van der Waals surface area contributed by atoms with Gasteiger partial charge in [0.15, 0.2) is 0 Å². The summed E-state index contributed by atoms with van der Waals surface area (Å²) in [6.07, 6.45) is 4.66. The van der Waals surface area contributed by atoms with E-state index in [1.54, 1.807) is 6.20 Å². The normalized spacial score (nSPS) is 11.4. The van der Waals surface area contributed by atoms with Crippen molar-refractivity contribution in [2.24, 2.45) is 0 Å². The van der Waals surface area contributed by atoms with Gasteiger partial charge in [0.2, 0.25) is 0 Å². The first-order valence-electron chi connectivity index (χ1n) is 15.7. The smallest absolute Gasteiger partial charge is 0.137 e. The van der Waals surface area contributed by atoms with E-state index in [1.807, 2.05) is 36.5 Å². The Balaban J connectivity index is 0.000000118. The van der Waals surface area contributed by atoms with Gasteiger partial charge in [-0.2, -0.15) is 0 Å². The molecule has 0 unspecified atom stereocenters. The molecule has 6 aromatic carbocycles. The van der Waals surface area contributed by atoms with E-state index in [9.17, 15) is 0 Å². The average Bonchev–Trinajstić information content (AvgIpc) is 3.70. The molecule has 0 atom stereocenters. The first kappa shape index (κ1) is 28.9. The van der Waals surface area contributed by atoms with E-state index in [0.29, 0.717) is 0 Å². The fraction of sp³-hybridized carbons (Fsp3) is 0.0233. The highest BCUT2D eigenvalue weighted by Crippen LogP contribution is 2.40. The van der Waals surface area contributed by atoms with Gasteiger partial charge in [0, 0.05) is 28.6 Å². The van der Waals surface area contributed by atoms with E-state index in [-0.39, 0.29) is 0 Å². The summed E-state index contributed by atoms with van der Waals surface area (Å²) in [5, 5.41) is 7.79. The summed E-state index contributed by atoms with van der Waals surface area (Å²) >= 11 is 3.20. The van der Waals surface area contributed by atoms with Gasteiger partial charge in [-0.15, -0.1) is 0 Å². The highest BCUT2D eigenvalue weighted by molar-refractivity contribution is 9.10. The van der Waals surface area contributed by atoms with Crippen molar-refractivity contribution in [1.82, 2.24) is 14.5 Å². The van der Waals surface area contributed by atoms with Gasteiger partial charge < -0.3 is 0 Å². The number of hydrogen-bond donors (Lipinski definition) is 0. The Bertz CT molecular complexity index is 2500. The van der Waals surface area contributed by atoms with Crippen molar-refractivity contribution in [2.75, 3.05) is 0 Å². The SMILES string of the molecule is Brc1ccccn1.c1ccc(-n2c3ccccc3c3ccc4ccccc4c32)nc1.c1ccc2c(c1)Cc1c-2ccc2ccccc12. The Morgan fingerprint density at radius 2 is 1.11 bits per heavy atom. The van der Waals surface area contributed by atoms with Crippen molar-refractivity contribution < 1.29 is 0 Å². The quantitative estimate of drug-likeness (QED) is 0.163. The van der Waals surface area contributed by atoms with Crippen LogP contribution in [0.1, 0.15) is 11.1 Å². The zero-order valence-corrected chi connectivity index (χ0v) is 27.2. The predicted octanol–water partition coefficient (Wildman–Crippen LogP) is 11.6. The zero-order chi connectivity index (χ0) is 31.6. The number of benzene rings is 6. The standard InChI is InChI=1S/C21H14N2.C17H12.C5H4BrN/c1-2-8-16-15(7-1)12-13-18-17-9-3-4-10-19(17)23(21(16)18)20-11-5-6-14-22-20;1-3-7-14-12(5-1)9-10-16-15-8-4-2-6-13(15)11-17(14)16;6-5-3-1-2-4-7-5/h1-14H;1-10H,11H2;1-4H. The highest BCUT2D eigenvalue weighted by atomic mass is 79.9. The number of aromatic nitrogens is 3. The summed E-state index contributed by atoms with van der Waals surface area (Å²) in [7, 11) is 0. The molecule has 0 aliphatic heterocycles. The second kappa shape index (κ2) is 12.7. The van der Waals surface area contributed by atoms with Gasteiger partial charge in [-0.25, -0.2) is 9.97 Å². The molecule has 1 aliphatic rings. The van der Waals surface area contributed by atoms with Crippen LogP contribution >= 0.6 is 15.9 Å². The number of para-hydroxylation sites is 1. The van der Waals surface area contributed by atoms with Gasteiger partial charge in [0.1, 0.15) is 10.4 Å². The molecule has 0 spiro atoms. The molecule has 9 aromatic rings. The van der Waals surface area contributed by atoms with E-state index in [1.165, 1.54) is 65.6 Å². The molecule has 4 heteroatoms. The van der Waals surface area contributed by atoms with Crippen LogP contribution in [0.25, 0.3) is 60.3 Å². The van der Waals surface area contributed by atoms with Crippen LogP contribution in [0.5, 0.6) is 0 Å². The third kappa shape index (κ3) is 5.47. The summed E-state index contributed by atoms with van der Waals surface area (Å²) in [6, 6.07) is 55.1. The average molecular weight is 669 g/mol. The van der Waals surface area contributed by atoms with E-state index in [0.717, 1.165) is 16.8 Å². The molecule has 3 nitrogen and oxygen atoms in total. The Kier molecular flexibility index (Phi) is 7.78. The van der Waals surface area contributed by atoms with Crippen LogP contribution < -0.4 is 0 Å². The maximum atomic E-state index is 4.59. The van der Waals surface area contributed by atoms with E-state index in [4.69, 9.17) is 0 Å². The molecule has 0 saturated heterocycles. The Labute approximate surface area is 281 Å². The molecule has 3 aromatic heterocycles. The molecule has 0 N–H and O–H groups in total. The maximum Gasteiger partial charge on any atom is 0.137 e. The lowest BCUT2D eigenvalue weighted by Gasteiger charge is -2.08. The molecule has 0 radical (unpaired) electrons. The molecule has 0 saturated carbocycles. The minimum atomic E-state index is 0.884. The fourth-order valence-corrected chi connectivity index (χ4v) is 6.97. The maximum absolute atomic E-state index is 4.59. The molecular formula is C43H30BrN3. The Hall–Kier alpha value is -5.58. The van der Waals surface area contributed by atoms with Gasteiger partial charge in [-0.1, -0.05) is 127 Å². The van der Waals surface area contributed by atoms with Crippen LogP contribution in [0.3, 0.4) is 0 Å². The van der Waals surface area contributed by atoms with Crippen molar-refractivity contribution >= 4 is 59.3 Å². The van der Waals surface area contributed by atoms with Crippen LogP contribution in [0.4, 0.5) is 0 Å². The van der Waals surface area contributed by atoms with E-state index in [2.05, 4.69) is 158 Å². The minimum absolute atomic E-state index is 0.884. The molecule has 1 aliphatic carbocycles. The Morgan fingerprint density at radius 1 is 0.468 bits per heavy atom. The lowest BCUT2D eigenvalue weighted by molar-refractivity contribution is 1.08. The molecule has 47 heavy (non-hydrogen) atoms. The molecule has 10 rings (SSSR count). The van der Waals surface area contributed by atoms with Crippen LogP contribution in [0.15, 0.2) is 175 Å². The molecule has 0 fully saturated rings. The van der Waals surface area contributed by atoms with Gasteiger partial charge in [-0.05, 0) is 91.1 Å². The second-order valence-corrected chi connectivity index (χ2v) is 12.3. The summed E-state index contributed by atoms with van der Waals surface area (Å²) in [4.78, 5) is 8.49. The third-order valence-corrected chi connectivity index (χ3v) is 9.25. The van der Waals surface area contributed by atoms with Crippen LogP contribution in [0.2, 0.25) is 0 Å². The predicted molar refractivity (Wildman–Crippen MR) is 200 cm³/mol. The lowest BCUT2D eigenvalue weighted by atomic mass is 9.99. The summed E-state index contributed by atoms with van der Waals surface area (Å²) in [5.74, 6) is 0.954. The number of fused-ring (bicyclic) bond motifs is 10. The van der Waals surface area contributed by atoms with Crippen LogP contribution in [-0.4, -0.2) is 14.5 Å². The number of hydrogen-bond acceptors (Lipinski definition) is 2. The molecular weight excluding hydrogens is 638 g/mol. The highest BCUT2D eigenvalue weighted by Gasteiger charge is 2.19. The van der Waals surface area contributed by atoms with Crippen LogP contribution in [-0.2, 0) is 6.42 Å². The van der Waals surface area contributed by atoms with Gasteiger partial charge in [-0.3, -0.25) is 4.57 Å². The van der Waals surface area contributed by atoms with Gasteiger partial charge in [0.05, 0.1) is 11.0 Å². The number of rotatable bonds is 1. The summed E-state index contributed by atoms with van der Waals surface area (Å²) in [6.45, 7) is 0. The van der Waals surface area contributed by atoms with Crippen molar-refractivity contribution in [2.45, 2.75) is 6.42 Å². The zero-order valence-electron chi connectivity index (χ0n) is 25.6. The summed E-state index contributed by atoms with van der Waals surface area (Å²) in [5.41, 5.74) is 8.19. The first-order chi connectivity index (χ1) is 23.3. The van der Waals surface area contributed by atoms with Crippen molar-refractivity contribution in [3.8, 4) is 16.9 Å². The molecule has 0 bridgehead atoms. The van der Waals surface area contributed by atoms with Gasteiger partial charge in [0.25, 0.3) is 0 Å².